The first-order chi connectivity index (χ1) is 6.06. The standard InChI is InChI=1S/C11H20O2/c1-9(2)7-10(3)5-4-6-11(13)8-12/h4-5,9-10,12H,6-8H2,1-3H3. The van der Waals surface area contributed by atoms with Gasteiger partial charge in [0, 0.05) is 6.42 Å². The quantitative estimate of drug-likeness (QED) is 0.642. The van der Waals surface area contributed by atoms with Crippen molar-refractivity contribution >= 4 is 5.78 Å². The van der Waals surface area contributed by atoms with Crippen molar-refractivity contribution in [2.24, 2.45) is 11.8 Å². The van der Waals surface area contributed by atoms with Gasteiger partial charge in [-0.1, -0.05) is 32.9 Å². The van der Waals surface area contributed by atoms with Crippen LogP contribution in [0.2, 0.25) is 0 Å². The largest absolute Gasteiger partial charge is 0.389 e. The Hall–Kier alpha value is -0.630. The van der Waals surface area contributed by atoms with Gasteiger partial charge in [-0.3, -0.25) is 4.79 Å². The van der Waals surface area contributed by atoms with Crippen LogP contribution in [0, 0.1) is 11.8 Å². The monoisotopic (exact) mass is 184 g/mol. The van der Waals surface area contributed by atoms with Crippen LogP contribution in [-0.2, 0) is 4.79 Å². The van der Waals surface area contributed by atoms with Crippen LogP contribution in [0.4, 0.5) is 0 Å². The molecule has 0 radical (unpaired) electrons. The molecule has 0 aromatic carbocycles. The zero-order valence-electron chi connectivity index (χ0n) is 8.79. The summed E-state index contributed by atoms with van der Waals surface area (Å²) in [6.45, 7) is 6.16. The summed E-state index contributed by atoms with van der Waals surface area (Å²) in [5.41, 5.74) is 0. The van der Waals surface area contributed by atoms with E-state index in [0.29, 0.717) is 18.3 Å². The van der Waals surface area contributed by atoms with Crippen molar-refractivity contribution in [3.63, 3.8) is 0 Å². The van der Waals surface area contributed by atoms with Gasteiger partial charge in [0.05, 0.1) is 0 Å². The van der Waals surface area contributed by atoms with Gasteiger partial charge in [-0.2, -0.15) is 0 Å². The van der Waals surface area contributed by atoms with Crippen molar-refractivity contribution in [3.8, 4) is 0 Å². The number of carbonyl (C=O) groups excluding carboxylic acids is 1. The summed E-state index contributed by atoms with van der Waals surface area (Å²) in [4.78, 5) is 10.7. The first kappa shape index (κ1) is 12.4. The predicted molar refractivity (Wildman–Crippen MR) is 54.5 cm³/mol. The van der Waals surface area contributed by atoms with E-state index in [1.165, 1.54) is 0 Å². The molecule has 0 saturated heterocycles. The molecular formula is C11H20O2. The lowest BCUT2D eigenvalue weighted by Gasteiger charge is -2.08. The molecule has 0 fully saturated rings. The highest BCUT2D eigenvalue weighted by Crippen LogP contribution is 2.12. The van der Waals surface area contributed by atoms with Gasteiger partial charge in [0.1, 0.15) is 6.61 Å². The molecule has 0 rings (SSSR count). The summed E-state index contributed by atoms with van der Waals surface area (Å²) in [7, 11) is 0. The van der Waals surface area contributed by atoms with Crippen LogP contribution in [-0.4, -0.2) is 17.5 Å². The van der Waals surface area contributed by atoms with Crippen molar-refractivity contribution in [1.82, 2.24) is 0 Å². The first-order valence-corrected chi connectivity index (χ1v) is 4.85. The van der Waals surface area contributed by atoms with Crippen LogP contribution in [0.25, 0.3) is 0 Å². The van der Waals surface area contributed by atoms with Crippen LogP contribution < -0.4 is 0 Å². The van der Waals surface area contributed by atoms with E-state index in [1.807, 2.05) is 12.2 Å². The van der Waals surface area contributed by atoms with Gasteiger partial charge in [0.25, 0.3) is 0 Å². The van der Waals surface area contributed by atoms with E-state index >= 15 is 0 Å². The van der Waals surface area contributed by atoms with Crippen molar-refractivity contribution in [1.29, 1.82) is 0 Å². The number of ketones is 1. The molecule has 0 saturated carbocycles. The van der Waals surface area contributed by atoms with Crippen LogP contribution in [0.3, 0.4) is 0 Å². The van der Waals surface area contributed by atoms with Crippen molar-refractivity contribution < 1.29 is 9.90 Å². The maximum atomic E-state index is 10.7. The topological polar surface area (TPSA) is 37.3 Å². The van der Waals surface area contributed by atoms with Crippen LogP contribution in [0.15, 0.2) is 12.2 Å². The highest BCUT2D eigenvalue weighted by atomic mass is 16.3. The number of carbonyl (C=O) groups is 1. The third kappa shape index (κ3) is 7.72. The van der Waals surface area contributed by atoms with E-state index in [4.69, 9.17) is 5.11 Å². The van der Waals surface area contributed by atoms with Crippen LogP contribution in [0.1, 0.15) is 33.6 Å². The van der Waals surface area contributed by atoms with Crippen LogP contribution in [0.5, 0.6) is 0 Å². The second-order valence-corrected chi connectivity index (χ2v) is 3.94. The summed E-state index contributed by atoms with van der Waals surface area (Å²) in [6.07, 6.45) is 5.40. The summed E-state index contributed by atoms with van der Waals surface area (Å²) >= 11 is 0. The van der Waals surface area contributed by atoms with E-state index in [2.05, 4.69) is 20.8 Å². The molecule has 2 heteroatoms. The van der Waals surface area contributed by atoms with Gasteiger partial charge in [0.2, 0.25) is 0 Å². The van der Waals surface area contributed by atoms with Gasteiger partial charge < -0.3 is 5.11 Å². The molecule has 0 aliphatic rings. The molecule has 1 unspecified atom stereocenters. The molecule has 1 atom stereocenters. The Labute approximate surface area is 80.7 Å². The lowest BCUT2D eigenvalue weighted by molar-refractivity contribution is -0.120. The molecular weight excluding hydrogens is 164 g/mol. The summed E-state index contributed by atoms with van der Waals surface area (Å²) < 4.78 is 0. The fourth-order valence-corrected chi connectivity index (χ4v) is 1.32. The second-order valence-electron chi connectivity index (χ2n) is 3.94. The van der Waals surface area contributed by atoms with E-state index in [9.17, 15) is 4.79 Å². The predicted octanol–water partition coefficient (Wildman–Crippen LogP) is 2.18. The molecule has 0 aliphatic heterocycles. The molecule has 0 heterocycles. The second kappa shape index (κ2) is 6.84. The van der Waals surface area contributed by atoms with Gasteiger partial charge in [-0.05, 0) is 18.3 Å². The third-order valence-electron chi connectivity index (χ3n) is 1.83. The van der Waals surface area contributed by atoms with Crippen LogP contribution >= 0.6 is 0 Å². The van der Waals surface area contributed by atoms with Crippen molar-refractivity contribution in [3.05, 3.63) is 12.2 Å². The minimum atomic E-state index is -0.344. The Balaban J connectivity index is 3.65. The maximum absolute atomic E-state index is 10.7. The highest BCUT2D eigenvalue weighted by molar-refractivity contribution is 5.80. The minimum absolute atomic E-state index is 0.118. The van der Waals surface area contributed by atoms with E-state index in [1.54, 1.807) is 0 Å². The number of Topliss-reactive ketones (excluding diaryl/α,β-unsaturated/α-hetero) is 1. The zero-order valence-corrected chi connectivity index (χ0v) is 8.79. The summed E-state index contributed by atoms with van der Waals surface area (Å²) in [5.74, 6) is 1.09. The lowest BCUT2D eigenvalue weighted by Crippen LogP contribution is -2.01. The van der Waals surface area contributed by atoms with E-state index in [0.717, 1.165) is 6.42 Å². The Morgan fingerprint density at radius 1 is 1.38 bits per heavy atom. The number of aliphatic hydroxyl groups is 1. The molecule has 2 nitrogen and oxygen atoms in total. The average molecular weight is 184 g/mol. The Morgan fingerprint density at radius 2 is 2.00 bits per heavy atom. The Kier molecular flexibility index (Phi) is 6.51. The molecule has 0 spiro atoms. The fraction of sp³-hybridized carbons (Fsp3) is 0.727. The minimum Gasteiger partial charge on any atom is -0.389 e. The molecule has 1 N–H and O–H groups in total. The smallest absolute Gasteiger partial charge is 0.161 e. The lowest BCUT2D eigenvalue weighted by atomic mass is 9.98. The molecule has 76 valence electrons. The highest BCUT2D eigenvalue weighted by Gasteiger charge is 2.01. The number of aliphatic hydroxyl groups excluding tert-OH is 1. The normalized spacial score (nSPS) is 13.9. The molecule has 0 amide bonds. The van der Waals surface area contributed by atoms with Crippen molar-refractivity contribution in [2.75, 3.05) is 6.61 Å². The van der Waals surface area contributed by atoms with Crippen molar-refractivity contribution in [2.45, 2.75) is 33.6 Å². The zero-order chi connectivity index (χ0) is 10.3. The maximum Gasteiger partial charge on any atom is 0.161 e. The molecule has 13 heavy (non-hydrogen) atoms. The summed E-state index contributed by atoms with van der Waals surface area (Å²) in [5, 5.41) is 8.46. The number of hydrogen-bond acceptors (Lipinski definition) is 2. The number of allylic oxidation sites excluding steroid dienone is 2. The first-order valence-electron chi connectivity index (χ1n) is 4.85. The molecule has 0 aliphatic carbocycles. The fourth-order valence-electron chi connectivity index (χ4n) is 1.32. The molecule has 0 aromatic heterocycles. The van der Waals surface area contributed by atoms with Gasteiger partial charge in [-0.25, -0.2) is 0 Å². The van der Waals surface area contributed by atoms with Gasteiger partial charge in [0.15, 0.2) is 5.78 Å². The SMILES string of the molecule is CC(C)CC(C)C=CCC(=O)CO. The van der Waals surface area contributed by atoms with E-state index in [-0.39, 0.29) is 12.4 Å². The van der Waals surface area contributed by atoms with E-state index < -0.39 is 0 Å². The molecule has 0 aromatic rings. The Bertz CT molecular complexity index is 171. The Morgan fingerprint density at radius 3 is 2.46 bits per heavy atom. The number of hydrogen-bond donors (Lipinski definition) is 1. The molecule has 0 bridgehead atoms. The third-order valence-corrected chi connectivity index (χ3v) is 1.83. The van der Waals surface area contributed by atoms with Gasteiger partial charge >= 0.3 is 0 Å². The number of rotatable bonds is 6. The van der Waals surface area contributed by atoms with Gasteiger partial charge in [-0.15, -0.1) is 0 Å². The summed E-state index contributed by atoms with van der Waals surface area (Å²) in [6, 6.07) is 0. The average Bonchev–Trinajstić information content (AvgIpc) is 2.02.